The molecule has 0 atom stereocenters. The van der Waals surface area contributed by atoms with E-state index in [9.17, 15) is 18.0 Å². The molecule has 3 nitrogen and oxygen atoms in total. The van der Waals surface area contributed by atoms with E-state index in [2.05, 4.69) is 5.10 Å². The smallest absolute Gasteiger partial charge is 0.288 e. The van der Waals surface area contributed by atoms with E-state index in [1.165, 1.54) is 29.9 Å². The van der Waals surface area contributed by atoms with E-state index in [1.807, 2.05) is 0 Å². The summed E-state index contributed by atoms with van der Waals surface area (Å²) >= 11 is 0. The minimum atomic E-state index is -4.44. The van der Waals surface area contributed by atoms with Gasteiger partial charge in [0.2, 0.25) is 0 Å². The summed E-state index contributed by atoms with van der Waals surface area (Å²) in [5, 5.41) is 2.38. The molecule has 0 amide bonds. The fourth-order valence-electron chi connectivity index (χ4n) is 1.69. The zero-order valence-electron chi connectivity index (χ0n) is 8.88. The first-order valence-electron chi connectivity index (χ1n) is 4.82. The molecular weight excluding hydrogens is 233 g/mol. The average Bonchev–Trinajstić information content (AvgIpc) is 2.56. The first-order chi connectivity index (χ1) is 7.89. The van der Waals surface area contributed by atoms with Crippen molar-refractivity contribution in [2.24, 2.45) is 7.05 Å². The summed E-state index contributed by atoms with van der Waals surface area (Å²) in [5.41, 5.74) is -0.988. The lowest BCUT2D eigenvalue weighted by Gasteiger charge is -2.12. The van der Waals surface area contributed by atoms with Crippen molar-refractivity contribution in [2.75, 3.05) is 0 Å². The monoisotopic (exact) mass is 242 g/mol. The number of alkyl halides is 3. The molecular formula is C11H9F3N2O. The summed E-state index contributed by atoms with van der Waals surface area (Å²) in [5.74, 6) is 0. The van der Waals surface area contributed by atoms with Gasteiger partial charge in [0, 0.05) is 18.7 Å². The number of nitrogens with one attached hydrogen (secondary N) is 1. The molecule has 0 aliphatic carbocycles. The van der Waals surface area contributed by atoms with Gasteiger partial charge >= 0.3 is 6.18 Å². The van der Waals surface area contributed by atoms with Gasteiger partial charge in [0.1, 0.15) is 0 Å². The van der Waals surface area contributed by atoms with Crippen LogP contribution in [0.2, 0.25) is 0 Å². The predicted molar refractivity (Wildman–Crippen MR) is 56.5 cm³/mol. The third-order valence-corrected chi connectivity index (χ3v) is 2.42. The first kappa shape index (κ1) is 11.5. The molecule has 1 N–H and O–H groups in total. The van der Waals surface area contributed by atoms with E-state index in [-0.39, 0.29) is 11.3 Å². The molecule has 0 saturated carbocycles. The second kappa shape index (κ2) is 3.80. The van der Waals surface area contributed by atoms with Crippen molar-refractivity contribution < 1.29 is 13.2 Å². The third-order valence-electron chi connectivity index (χ3n) is 2.42. The van der Waals surface area contributed by atoms with Gasteiger partial charge in [-0.1, -0.05) is 18.2 Å². The molecule has 0 bridgehead atoms. The highest BCUT2D eigenvalue weighted by Gasteiger charge is 2.33. The fraction of sp³-hybridized carbons (Fsp3) is 0.182. The van der Waals surface area contributed by atoms with E-state index in [4.69, 9.17) is 0 Å². The number of hydrogen-bond acceptors (Lipinski definition) is 1. The molecule has 6 heteroatoms. The van der Waals surface area contributed by atoms with Crippen LogP contribution in [0.3, 0.4) is 0 Å². The molecule has 2 rings (SSSR count). The van der Waals surface area contributed by atoms with Crippen molar-refractivity contribution in [3.8, 4) is 11.3 Å². The summed E-state index contributed by atoms with van der Waals surface area (Å²) in [6, 6.07) is 6.29. The summed E-state index contributed by atoms with van der Waals surface area (Å²) in [6.07, 6.45) is -4.44. The summed E-state index contributed by atoms with van der Waals surface area (Å²) in [7, 11) is 1.49. The molecule has 0 fully saturated rings. The van der Waals surface area contributed by atoms with Crippen molar-refractivity contribution in [1.29, 1.82) is 0 Å². The summed E-state index contributed by atoms with van der Waals surface area (Å²) < 4.78 is 39.6. The lowest BCUT2D eigenvalue weighted by atomic mass is 10.0. The van der Waals surface area contributed by atoms with Crippen molar-refractivity contribution >= 4 is 0 Å². The van der Waals surface area contributed by atoms with Gasteiger partial charge in [-0.15, -0.1) is 0 Å². The maximum atomic E-state index is 12.8. The zero-order valence-corrected chi connectivity index (χ0v) is 8.88. The van der Waals surface area contributed by atoms with E-state index in [0.29, 0.717) is 0 Å². The van der Waals surface area contributed by atoms with Gasteiger partial charge in [0.05, 0.1) is 11.3 Å². The van der Waals surface area contributed by atoms with Crippen LogP contribution >= 0.6 is 0 Å². The molecule has 0 aliphatic heterocycles. The molecule has 1 aromatic heterocycles. The Hall–Kier alpha value is -1.98. The molecule has 0 saturated heterocycles. The zero-order chi connectivity index (χ0) is 12.6. The Morgan fingerprint density at radius 2 is 1.88 bits per heavy atom. The maximum absolute atomic E-state index is 12.8. The number of aryl methyl sites for hydroxylation is 1. The average molecular weight is 242 g/mol. The van der Waals surface area contributed by atoms with Crippen molar-refractivity contribution in [3.63, 3.8) is 0 Å². The third kappa shape index (κ3) is 2.11. The Kier molecular flexibility index (Phi) is 2.57. The van der Waals surface area contributed by atoms with Crippen LogP contribution in [0, 0.1) is 0 Å². The van der Waals surface area contributed by atoms with E-state index >= 15 is 0 Å². The summed E-state index contributed by atoms with van der Waals surface area (Å²) in [6.45, 7) is 0. The van der Waals surface area contributed by atoms with Crippen LogP contribution in [-0.4, -0.2) is 9.78 Å². The van der Waals surface area contributed by atoms with Crippen LogP contribution in [0.4, 0.5) is 13.2 Å². The maximum Gasteiger partial charge on any atom is 0.417 e. The Morgan fingerprint density at radius 3 is 2.41 bits per heavy atom. The van der Waals surface area contributed by atoms with E-state index in [0.717, 1.165) is 12.1 Å². The van der Waals surface area contributed by atoms with Crippen molar-refractivity contribution in [3.05, 3.63) is 46.2 Å². The molecule has 1 heterocycles. The molecule has 0 aliphatic rings. The van der Waals surface area contributed by atoms with Crippen LogP contribution in [0.25, 0.3) is 11.3 Å². The van der Waals surface area contributed by atoms with Crippen molar-refractivity contribution in [2.45, 2.75) is 6.18 Å². The normalized spacial score (nSPS) is 11.8. The second-order valence-corrected chi connectivity index (χ2v) is 3.61. The Bertz CT molecular complexity index is 595. The number of halogens is 3. The topological polar surface area (TPSA) is 37.8 Å². The molecule has 1 aromatic carbocycles. The van der Waals surface area contributed by atoms with Gasteiger partial charge in [-0.2, -0.15) is 13.2 Å². The highest BCUT2D eigenvalue weighted by Crippen LogP contribution is 2.36. The second-order valence-electron chi connectivity index (χ2n) is 3.61. The molecule has 2 aromatic rings. The van der Waals surface area contributed by atoms with Gasteiger partial charge in [0.25, 0.3) is 5.56 Å². The highest BCUT2D eigenvalue weighted by molar-refractivity contribution is 5.64. The number of rotatable bonds is 1. The molecule has 0 radical (unpaired) electrons. The van der Waals surface area contributed by atoms with Gasteiger partial charge in [-0.05, 0) is 6.07 Å². The molecule has 0 unspecified atom stereocenters. The van der Waals surface area contributed by atoms with Crippen LogP contribution in [0.15, 0.2) is 35.1 Å². The SMILES string of the molecule is Cn1[nH]c(=O)cc1-c1ccccc1C(F)(F)F. The minimum absolute atomic E-state index is 0.0131. The molecule has 0 spiro atoms. The Labute approximate surface area is 94.5 Å². The van der Waals surface area contributed by atoms with Crippen molar-refractivity contribution in [1.82, 2.24) is 9.78 Å². The lowest BCUT2D eigenvalue weighted by molar-refractivity contribution is -0.137. The number of benzene rings is 1. The molecule has 90 valence electrons. The van der Waals surface area contributed by atoms with Crippen LogP contribution < -0.4 is 5.56 Å². The number of hydrogen-bond donors (Lipinski definition) is 1. The number of nitrogens with zero attached hydrogens (tertiary/aromatic N) is 1. The van der Waals surface area contributed by atoms with Gasteiger partial charge in [-0.3, -0.25) is 14.6 Å². The van der Waals surface area contributed by atoms with Gasteiger partial charge < -0.3 is 0 Å². The standard InChI is InChI=1S/C11H9F3N2O/c1-16-9(6-10(17)15-16)7-4-2-3-5-8(7)11(12,13)14/h2-6H,1H3,(H,15,17). The minimum Gasteiger partial charge on any atom is -0.288 e. The highest BCUT2D eigenvalue weighted by atomic mass is 19.4. The number of aromatic amines is 1. The van der Waals surface area contributed by atoms with E-state index in [1.54, 1.807) is 0 Å². The lowest BCUT2D eigenvalue weighted by Crippen LogP contribution is -2.08. The largest absolute Gasteiger partial charge is 0.417 e. The summed E-state index contributed by atoms with van der Waals surface area (Å²) in [4.78, 5) is 11.1. The number of aromatic nitrogens is 2. The van der Waals surface area contributed by atoms with Crippen LogP contribution in [0.1, 0.15) is 5.56 Å². The van der Waals surface area contributed by atoms with E-state index < -0.39 is 17.3 Å². The Morgan fingerprint density at radius 1 is 1.24 bits per heavy atom. The molecule has 17 heavy (non-hydrogen) atoms. The van der Waals surface area contributed by atoms with Crippen LogP contribution in [-0.2, 0) is 13.2 Å². The number of H-pyrrole nitrogens is 1. The van der Waals surface area contributed by atoms with Gasteiger partial charge in [0.15, 0.2) is 0 Å². The fourth-order valence-corrected chi connectivity index (χ4v) is 1.69. The first-order valence-corrected chi connectivity index (χ1v) is 4.82. The Balaban J connectivity index is 2.68. The predicted octanol–water partition coefficient (Wildman–Crippen LogP) is 2.40. The van der Waals surface area contributed by atoms with Crippen LogP contribution in [0.5, 0.6) is 0 Å². The van der Waals surface area contributed by atoms with Gasteiger partial charge in [-0.25, -0.2) is 0 Å². The quantitative estimate of drug-likeness (QED) is 0.819.